The first-order valence-electron chi connectivity index (χ1n) is 13.3. The number of nitrogens with one attached hydrogen (secondary N) is 1. The maximum atomic E-state index is 14.0. The van der Waals surface area contributed by atoms with Gasteiger partial charge in [-0.15, -0.1) is 0 Å². The van der Waals surface area contributed by atoms with Gasteiger partial charge in [-0.3, -0.25) is 13.9 Å². The van der Waals surface area contributed by atoms with Gasteiger partial charge in [0.2, 0.25) is 11.8 Å². The smallest absolute Gasteiger partial charge is 0.264 e. The van der Waals surface area contributed by atoms with Crippen LogP contribution in [0.25, 0.3) is 0 Å². The van der Waals surface area contributed by atoms with Crippen LogP contribution in [0.4, 0.5) is 5.69 Å². The van der Waals surface area contributed by atoms with Crippen LogP contribution >= 0.6 is 11.6 Å². The van der Waals surface area contributed by atoms with Gasteiger partial charge in [0.15, 0.2) is 0 Å². The minimum Gasteiger partial charge on any atom is -0.352 e. The molecule has 0 aliphatic rings. The van der Waals surface area contributed by atoms with Crippen molar-refractivity contribution in [1.82, 2.24) is 10.2 Å². The highest BCUT2D eigenvalue weighted by Gasteiger charge is 2.33. The van der Waals surface area contributed by atoms with Crippen LogP contribution in [0.3, 0.4) is 0 Å². The second-order valence-corrected chi connectivity index (χ2v) is 12.5. The third kappa shape index (κ3) is 7.64. The fraction of sp³-hybridized carbons (Fsp3) is 0.355. The van der Waals surface area contributed by atoms with Gasteiger partial charge in [0.25, 0.3) is 10.0 Å². The van der Waals surface area contributed by atoms with Crippen LogP contribution in [0.15, 0.2) is 71.6 Å². The van der Waals surface area contributed by atoms with Crippen molar-refractivity contribution in [3.05, 3.63) is 94.0 Å². The number of amides is 2. The lowest BCUT2D eigenvalue weighted by Gasteiger charge is -2.32. The molecule has 7 nitrogen and oxygen atoms in total. The summed E-state index contributed by atoms with van der Waals surface area (Å²) in [5.74, 6) is -0.817. The van der Waals surface area contributed by atoms with Crippen LogP contribution in [0.5, 0.6) is 0 Å². The van der Waals surface area contributed by atoms with Crippen LogP contribution in [0.2, 0.25) is 5.02 Å². The average Bonchev–Trinajstić information content (AvgIpc) is 2.91. The summed E-state index contributed by atoms with van der Waals surface area (Å²) in [6.45, 7) is 10.8. The molecule has 214 valence electrons. The number of benzene rings is 3. The molecule has 40 heavy (non-hydrogen) atoms. The van der Waals surface area contributed by atoms with Crippen LogP contribution in [0.1, 0.15) is 49.4 Å². The number of carbonyl (C=O) groups excluding carboxylic acids is 2. The second kappa shape index (κ2) is 13.3. The summed E-state index contributed by atoms with van der Waals surface area (Å²) in [5.41, 5.74) is 3.80. The van der Waals surface area contributed by atoms with E-state index in [1.165, 1.54) is 17.0 Å². The Morgan fingerprint density at radius 2 is 1.60 bits per heavy atom. The van der Waals surface area contributed by atoms with E-state index in [4.69, 9.17) is 11.6 Å². The number of sulfonamides is 1. The van der Waals surface area contributed by atoms with Gasteiger partial charge < -0.3 is 10.2 Å². The standard InChI is InChI=1S/C31H38ClN3O4S/c1-7-24(5)33-31(37)25(6)34(19-26-10-8-9-22(3)17-26)30(36)20-35(27-14-13-23(4)29(32)18-27)40(38,39)28-15-11-21(2)12-16-28/h8-18,24-25H,7,19-20H2,1-6H3,(H,33,37)/t24-,25+/m1/s1. The highest BCUT2D eigenvalue weighted by molar-refractivity contribution is 7.92. The summed E-state index contributed by atoms with van der Waals surface area (Å²) < 4.78 is 28.9. The van der Waals surface area contributed by atoms with Crippen molar-refractivity contribution in [3.8, 4) is 0 Å². The van der Waals surface area contributed by atoms with Crippen LogP contribution < -0.4 is 9.62 Å². The molecule has 3 aromatic carbocycles. The van der Waals surface area contributed by atoms with E-state index >= 15 is 0 Å². The van der Waals surface area contributed by atoms with Crippen molar-refractivity contribution >= 4 is 39.1 Å². The van der Waals surface area contributed by atoms with Crippen LogP contribution in [-0.2, 0) is 26.2 Å². The van der Waals surface area contributed by atoms with Crippen molar-refractivity contribution in [2.24, 2.45) is 0 Å². The van der Waals surface area contributed by atoms with Gasteiger partial charge in [0.05, 0.1) is 10.6 Å². The summed E-state index contributed by atoms with van der Waals surface area (Å²) in [6, 6.07) is 18.1. The number of aryl methyl sites for hydroxylation is 3. The Balaban J connectivity index is 2.05. The summed E-state index contributed by atoms with van der Waals surface area (Å²) in [4.78, 5) is 28.6. The van der Waals surface area contributed by atoms with E-state index in [2.05, 4.69) is 5.32 Å². The normalized spacial score (nSPS) is 12.9. The first-order valence-corrected chi connectivity index (χ1v) is 15.2. The van der Waals surface area contributed by atoms with E-state index in [1.54, 1.807) is 37.3 Å². The molecule has 0 saturated carbocycles. The van der Waals surface area contributed by atoms with Crippen molar-refractivity contribution in [2.75, 3.05) is 10.8 Å². The van der Waals surface area contributed by atoms with E-state index in [0.717, 1.165) is 33.0 Å². The Morgan fingerprint density at radius 3 is 2.20 bits per heavy atom. The number of rotatable bonds is 11. The Labute approximate surface area is 243 Å². The van der Waals surface area contributed by atoms with Gasteiger partial charge in [-0.1, -0.05) is 72.1 Å². The third-order valence-electron chi connectivity index (χ3n) is 6.93. The lowest BCUT2D eigenvalue weighted by Crippen LogP contribution is -2.52. The van der Waals surface area contributed by atoms with Gasteiger partial charge in [-0.05, 0) is 76.4 Å². The maximum absolute atomic E-state index is 14.0. The predicted molar refractivity (Wildman–Crippen MR) is 161 cm³/mol. The molecule has 2 amide bonds. The molecule has 2 atom stereocenters. The molecule has 0 aliphatic heterocycles. The fourth-order valence-electron chi connectivity index (χ4n) is 4.16. The molecule has 0 bridgehead atoms. The summed E-state index contributed by atoms with van der Waals surface area (Å²) in [6.07, 6.45) is 0.737. The Kier molecular flexibility index (Phi) is 10.4. The van der Waals surface area contributed by atoms with E-state index in [0.29, 0.717) is 5.02 Å². The lowest BCUT2D eigenvalue weighted by atomic mass is 10.1. The molecule has 3 aromatic rings. The quantitative estimate of drug-likeness (QED) is 0.309. The minimum atomic E-state index is -4.15. The fourth-order valence-corrected chi connectivity index (χ4v) is 5.74. The molecule has 9 heteroatoms. The highest BCUT2D eigenvalue weighted by Crippen LogP contribution is 2.29. The van der Waals surface area contributed by atoms with Crippen LogP contribution in [0, 0.1) is 20.8 Å². The molecule has 0 aromatic heterocycles. The molecular weight excluding hydrogens is 546 g/mol. The molecule has 3 rings (SSSR count). The second-order valence-electron chi connectivity index (χ2n) is 10.3. The zero-order chi connectivity index (χ0) is 29.6. The van der Waals surface area contributed by atoms with E-state index in [-0.39, 0.29) is 29.1 Å². The molecule has 1 N–H and O–H groups in total. The predicted octanol–water partition coefficient (Wildman–Crippen LogP) is 5.79. The van der Waals surface area contributed by atoms with E-state index in [9.17, 15) is 18.0 Å². The Bertz CT molecular complexity index is 1460. The topological polar surface area (TPSA) is 86.8 Å². The van der Waals surface area contributed by atoms with Crippen LogP contribution in [-0.4, -0.2) is 43.8 Å². The minimum absolute atomic E-state index is 0.0513. The number of hydrogen-bond donors (Lipinski definition) is 1. The largest absolute Gasteiger partial charge is 0.352 e. The Hall–Kier alpha value is -3.36. The van der Waals surface area contributed by atoms with E-state index in [1.807, 2.05) is 58.9 Å². The highest BCUT2D eigenvalue weighted by atomic mass is 35.5. The zero-order valence-electron chi connectivity index (χ0n) is 23.9. The lowest BCUT2D eigenvalue weighted by molar-refractivity contribution is -0.139. The van der Waals surface area contributed by atoms with Gasteiger partial charge in [-0.25, -0.2) is 8.42 Å². The number of nitrogens with zero attached hydrogens (tertiary/aromatic N) is 2. The molecule has 0 saturated heterocycles. The van der Waals surface area contributed by atoms with Crippen molar-refractivity contribution in [1.29, 1.82) is 0 Å². The van der Waals surface area contributed by atoms with Gasteiger partial charge in [0, 0.05) is 17.6 Å². The molecule has 0 fully saturated rings. The number of halogens is 1. The number of hydrogen-bond acceptors (Lipinski definition) is 4. The monoisotopic (exact) mass is 583 g/mol. The molecule has 0 heterocycles. The molecule has 0 radical (unpaired) electrons. The van der Waals surface area contributed by atoms with E-state index < -0.39 is 28.5 Å². The third-order valence-corrected chi connectivity index (χ3v) is 9.13. The van der Waals surface area contributed by atoms with Gasteiger partial charge in [0.1, 0.15) is 12.6 Å². The number of anilines is 1. The molecule has 0 aliphatic carbocycles. The molecule has 0 unspecified atom stereocenters. The van der Waals surface area contributed by atoms with Crippen molar-refractivity contribution in [2.45, 2.75) is 71.5 Å². The maximum Gasteiger partial charge on any atom is 0.264 e. The summed E-state index contributed by atoms with van der Waals surface area (Å²) in [5, 5.41) is 3.32. The SMILES string of the molecule is CC[C@@H](C)NC(=O)[C@H](C)N(Cc1cccc(C)c1)C(=O)CN(c1ccc(C)c(Cl)c1)S(=O)(=O)c1ccc(C)cc1. The first-order chi connectivity index (χ1) is 18.8. The zero-order valence-corrected chi connectivity index (χ0v) is 25.5. The number of carbonyl (C=O) groups is 2. The van der Waals surface area contributed by atoms with Gasteiger partial charge >= 0.3 is 0 Å². The summed E-state index contributed by atoms with van der Waals surface area (Å²) in [7, 11) is -4.15. The summed E-state index contributed by atoms with van der Waals surface area (Å²) >= 11 is 6.38. The first kappa shape index (κ1) is 31.2. The van der Waals surface area contributed by atoms with Crippen molar-refractivity contribution < 1.29 is 18.0 Å². The average molecular weight is 584 g/mol. The Morgan fingerprint density at radius 1 is 0.925 bits per heavy atom. The molecular formula is C31H38ClN3O4S. The van der Waals surface area contributed by atoms with Gasteiger partial charge in [-0.2, -0.15) is 0 Å². The van der Waals surface area contributed by atoms with Crippen molar-refractivity contribution in [3.63, 3.8) is 0 Å². The molecule has 0 spiro atoms.